The molecule has 0 aromatic carbocycles. The van der Waals surface area contributed by atoms with Gasteiger partial charge in [0, 0.05) is 31.9 Å². The van der Waals surface area contributed by atoms with E-state index in [1.54, 1.807) is 14.2 Å². The number of thioether (sulfide) groups is 1. The highest BCUT2D eigenvalue weighted by molar-refractivity contribution is 7.99. The van der Waals surface area contributed by atoms with E-state index >= 15 is 0 Å². The van der Waals surface area contributed by atoms with E-state index in [-0.39, 0.29) is 23.7 Å². The molecule has 156 valence electrons. The van der Waals surface area contributed by atoms with Crippen molar-refractivity contribution in [2.24, 2.45) is 5.92 Å². The standard InChI is InChI=1S/C20H35NO5S/c1-14(2)7-6-12-27-15(3)17-18(24-5)16(8-9-20(17)13-25-20)26-19(22)21-10-11-23-4/h7,15-18H,6,8-13H2,1-5H3,(H,21,22)/t15?,16?,17?,18?,20-/m0/s1. The molecule has 0 aromatic rings. The number of carbonyl (C=O) groups excluding carboxylic acids is 1. The summed E-state index contributed by atoms with van der Waals surface area (Å²) >= 11 is 1.95. The smallest absolute Gasteiger partial charge is 0.407 e. The molecule has 1 heterocycles. The van der Waals surface area contributed by atoms with E-state index in [1.165, 1.54) is 5.57 Å². The fraction of sp³-hybridized carbons (Fsp3) is 0.850. The highest BCUT2D eigenvalue weighted by Gasteiger charge is 2.61. The lowest BCUT2D eigenvalue weighted by molar-refractivity contribution is -0.0982. The van der Waals surface area contributed by atoms with E-state index < -0.39 is 6.09 Å². The van der Waals surface area contributed by atoms with Crippen molar-refractivity contribution in [2.75, 3.05) is 39.7 Å². The number of epoxide rings is 1. The summed E-state index contributed by atoms with van der Waals surface area (Å²) in [6.45, 7) is 8.18. The van der Waals surface area contributed by atoms with Crippen LogP contribution in [0, 0.1) is 5.92 Å². The Hall–Kier alpha value is -0.760. The largest absolute Gasteiger partial charge is 0.443 e. The van der Waals surface area contributed by atoms with Crippen LogP contribution in [0.15, 0.2) is 11.6 Å². The number of amides is 1. The van der Waals surface area contributed by atoms with Gasteiger partial charge in [-0.1, -0.05) is 18.6 Å². The van der Waals surface area contributed by atoms with Gasteiger partial charge in [0.2, 0.25) is 0 Å². The van der Waals surface area contributed by atoms with Crippen molar-refractivity contribution in [3.63, 3.8) is 0 Å². The molecule has 0 radical (unpaired) electrons. The summed E-state index contributed by atoms with van der Waals surface area (Å²) in [5.41, 5.74) is 1.25. The lowest BCUT2D eigenvalue weighted by Gasteiger charge is -2.43. The second kappa shape index (κ2) is 10.7. The predicted molar refractivity (Wildman–Crippen MR) is 108 cm³/mol. The SMILES string of the molecule is COCCNC(=O)OC1CC[C@]2(CO2)C(C(C)SCCC=C(C)C)C1OC. The molecule has 1 aliphatic carbocycles. The quantitative estimate of drug-likeness (QED) is 0.344. The molecule has 0 aromatic heterocycles. The van der Waals surface area contributed by atoms with Crippen LogP contribution in [-0.4, -0.2) is 68.9 Å². The van der Waals surface area contributed by atoms with Gasteiger partial charge in [-0.05, 0) is 38.9 Å². The van der Waals surface area contributed by atoms with Crippen molar-refractivity contribution >= 4 is 17.9 Å². The van der Waals surface area contributed by atoms with E-state index in [0.29, 0.717) is 18.4 Å². The Bertz CT molecular complexity index is 505. The van der Waals surface area contributed by atoms with Gasteiger partial charge in [0.25, 0.3) is 0 Å². The van der Waals surface area contributed by atoms with E-state index in [9.17, 15) is 4.79 Å². The van der Waals surface area contributed by atoms with Gasteiger partial charge in [0.1, 0.15) is 12.2 Å². The van der Waals surface area contributed by atoms with Gasteiger partial charge in [-0.25, -0.2) is 4.79 Å². The summed E-state index contributed by atoms with van der Waals surface area (Å²) in [5, 5.41) is 3.09. The molecule has 1 spiro atoms. The van der Waals surface area contributed by atoms with Gasteiger partial charge < -0.3 is 24.3 Å². The van der Waals surface area contributed by atoms with Crippen LogP contribution in [0.2, 0.25) is 0 Å². The van der Waals surface area contributed by atoms with E-state index in [2.05, 4.69) is 32.2 Å². The topological polar surface area (TPSA) is 69.3 Å². The zero-order chi connectivity index (χ0) is 19.9. The summed E-state index contributed by atoms with van der Waals surface area (Å²) < 4.78 is 22.4. The van der Waals surface area contributed by atoms with E-state index in [0.717, 1.165) is 31.6 Å². The molecule has 1 N–H and O–H groups in total. The first-order chi connectivity index (χ1) is 12.9. The second-order valence-corrected chi connectivity index (χ2v) is 9.11. The number of ether oxygens (including phenoxy) is 4. The molecule has 7 heteroatoms. The molecule has 4 unspecified atom stereocenters. The highest BCUT2D eigenvalue weighted by Crippen LogP contribution is 2.51. The van der Waals surface area contributed by atoms with Crippen molar-refractivity contribution in [1.29, 1.82) is 0 Å². The first-order valence-electron chi connectivity index (χ1n) is 9.78. The monoisotopic (exact) mass is 401 g/mol. The van der Waals surface area contributed by atoms with E-state index in [4.69, 9.17) is 18.9 Å². The molecule has 1 aliphatic heterocycles. The van der Waals surface area contributed by atoms with Gasteiger partial charge in [-0.2, -0.15) is 11.8 Å². The molecule has 6 nitrogen and oxygen atoms in total. The van der Waals surface area contributed by atoms with Crippen LogP contribution in [0.4, 0.5) is 4.79 Å². The molecule has 1 saturated carbocycles. The molecule has 2 rings (SSSR count). The Labute approximate surface area is 167 Å². The lowest BCUT2D eigenvalue weighted by atomic mass is 9.74. The zero-order valence-electron chi connectivity index (χ0n) is 17.3. The minimum atomic E-state index is -0.408. The minimum Gasteiger partial charge on any atom is -0.443 e. The Morgan fingerprint density at radius 2 is 2.15 bits per heavy atom. The average Bonchev–Trinajstić information content (AvgIpc) is 3.40. The summed E-state index contributed by atoms with van der Waals surface area (Å²) in [4.78, 5) is 12.1. The maximum atomic E-state index is 12.1. The fourth-order valence-corrected chi connectivity index (χ4v) is 5.17. The maximum Gasteiger partial charge on any atom is 0.407 e. The maximum absolute atomic E-state index is 12.1. The number of methoxy groups -OCH3 is 2. The molecule has 1 saturated heterocycles. The molecule has 0 bridgehead atoms. The first-order valence-corrected chi connectivity index (χ1v) is 10.8. The number of carbonyl (C=O) groups is 1. The number of alkyl carbamates (subject to hydrolysis) is 1. The third-order valence-electron chi connectivity index (χ3n) is 5.36. The molecular weight excluding hydrogens is 366 g/mol. The Balaban J connectivity index is 1.96. The van der Waals surface area contributed by atoms with Crippen LogP contribution in [0.3, 0.4) is 0 Å². The van der Waals surface area contributed by atoms with Gasteiger partial charge in [0.15, 0.2) is 0 Å². The van der Waals surface area contributed by atoms with Gasteiger partial charge in [0.05, 0.1) is 18.8 Å². The number of rotatable bonds is 10. The van der Waals surface area contributed by atoms with Crippen LogP contribution >= 0.6 is 11.8 Å². The van der Waals surface area contributed by atoms with Crippen molar-refractivity contribution in [1.82, 2.24) is 5.32 Å². The van der Waals surface area contributed by atoms with Crippen molar-refractivity contribution in [3.8, 4) is 0 Å². The van der Waals surface area contributed by atoms with Crippen molar-refractivity contribution in [3.05, 3.63) is 11.6 Å². The van der Waals surface area contributed by atoms with Crippen molar-refractivity contribution in [2.45, 2.75) is 63.1 Å². The molecule has 2 aliphatic rings. The highest BCUT2D eigenvalue weighted by atomic mass is 32.2. The van der Waals surface area contributed by atoms with Gasteiger partial charge in [-0.3, -0.25) is 0 Å². The third-order valence-corrected chi connectivity index (χ3v) is 6.65. The molecule has 5 atom stereocenters. The summed E-state index contributed by atoms with van der Waals surface area (Å²) in [6.07, 6.45) is 4.20. The predicted octanol–water partition coefficient (Wildman–Crippen LogP) is 3.40. The summed E-state index contributed by atoms with van der Waals surface area (Å²) in [6, 6.07) is 0. The average molecular weight is 402 g/mol. The van der Waals surface area contributed by atoms with Crippen LogP contribution in [0.1, 0.15) is 40.0 Å². The van der Waals surface area contributed by atoms with Crippen LogP contribution < -0.4 is 5.32 Å². The number of nitrogens with one attached hydrogen (secondary N) is 1. The molecule has 27 heavy (non-hydrogen) atoms. The fourth-order valence-electron chi connectivity index (χ4n) is 3.94. The second-order valence-electron chi connectivity index (χ2n) is 7.63. The minimum absolute atomic E-state index is 0.101. The van der Waals surface area contributed by atoms with Crippen LogP contribution in [0.25, 0.3) is 0 Å². The van der Waals surface area contributed by atoms with Gasteiger partial charge in [-0.15, -0.1) is 0 Å². The van der Waals surface area contributed by atoms with Crippen molar-refractivity contribution < 1.29 is 23.7 Å². The Kier molecular flexibility index (Phi) is 8.92. The Morgan fingerprint density at radius 3 is 2.74 bits per heavy atom. The lowest BCUT2D eigenvalue weighted by Crippen LogP contribution is -2.53. The normalized spacial score (nSPS) is 30.6. The van der Waals surface area contributed by atoms with E-state index in [1.807, 2.05) is 11.8 Å². The zero-order valence-corrected chi connectivity index (χ0v) is 18.1. The summed E-state index contributed by atoms with van der Waals surface area (Å²) in [7, 11) is 3.31. The number of hydrogen-bond donors (Lipinski definition) is 1. The van der Waals surface area contributed by atoms with Gasteiger partial charge >= 0.3 is 6.09 Å². The number of hydrogen-bond acceptors (Lipinski definition) is 6. The van der Waals surface area contributed by atoms with Crippen LogP contribution in [0.5, 0.6) is 0 Å². The summed E-state index contributed by atoms with van der Waals surface area (Å²) in [5.74, 6) is 1.28. The molecular formula is C20H35NO5S. The molecule has 2 fully saturated rings. The number of allylic oxidation sites excluding steroid dienone is 2. The Morgan fingerprint density at radius 1 is 1.41 bits per heavy atom. The molecule has 1 amide bonds. The first kappa shape index (κ1) is 22.5. The third kappa shape index (κ3) is 6.38. The van der Waals surface area contributed by atoms with Crippen LogP contribution in [-0.2, 0) is 18.9 Å².